The van der Waals surface area contributed by atoms with Gasteiger partial charge in [0.25, 0.3) is 0 Å². The molecule has 2 unspecified atom stereocenters. The predicted octanol–water partition coefficient (Wildman–Crippen LogP) is -1.11. The van der Waals surface area contributed by atoms with E-state index in [1.165, 1.54) is 14.2 Å². The first-order valence-corrected chi connectivity index (χ1v) is 8.24. The number of methoxy groups -OCH3 is 2. The third kappa shape index (κ3) is 6.06. The normalized spacial score (nSPS) is 15.3. The summed E-state index contributed by atoms with van der Waals surface area (Å²) < 4.78 is 19.4. The van der Waals surface area contributed by atoms with Crippen molar-refractivity contribution in [2.75, 3.05) is 53.9 Å². The highest BCUT2D eigenvalue weighted by Crippen LogP contribution is 2.38. The minimum absolute atomic E-state index is 0.0437. The number of carbonyl (C=O) groups excluding carboxylic acids is 4. The Morgan fingerprint density at radius 2 is 1.04 bits per heavy atom. The van der Waals surface area contributed by atoms with E-state index in [4.69, 9.17) is 18.9 Å². The Bertz CT molecular complexity index is 486. The Morgan fingerprint density at radius 3 is 1.26 bits per heavy atom. The molecule has 10 heteroatoms. The maximum atomic E-state index is 12.5. The lowest BCUT2D eigenvalue weighted by Crippen LogP contribution is -2.53. The fourth-order valence-electron chi connectivity index (χ4n) is 2.37. The summed E-state index contributed by atoms with van der Waals surface area (Å²) in [5.74, 6) is -3.90. The smallest absolute Gasteiger partial charge is 0.322 e. The van der Waals surface area contributed by atoms with Crippen molar-refractivity contribution < 1.29 is 48.3 Å². The van der Waals surface area contributed by atoms with E-state index in [2.05, 4.69) is 0 Å². The van der Waals surface area contributed by atoms with Gasteiger partial charge >= 0.3 is 11.9 Å². The Hall–Kier alpha value is -1.88. The number of aliphatic hydroxyl groups is 2. The zero-order chi connectivity index (χ0) is 21.1. The molecule has 0 aliphatic rings. The Labute approximate surface area is 157 Å². The molecule has 0 heterocycles. The lowest BCUT2D eigenvalue weighted by Gasteiger charge is -2.35. The molecule has 10 nitrogen and oxygen atoms in total. The SMILES string of the molecule is COCCOC(=O)C(CO)(CC(CO)(C(C)=O)C(=O)OCCOC)C(C)=O. The molecule has 0 saturated carbocycles. The molecule has 156 valence electrons. The van der Waals surface area contributed by atoms with E-state index < -0.39 is 54.0 Å². The molecule has 0 aromatic carbocycles. The van der Waals surface area contributed by atoms with E-state index in [1.807, 2.05) is 0 Å². The predicted molar refractivity (Wildman–Crippen MR) is 90.7 cm³/mol. The van der Waals surface area contributed by atoms with Crippen LogP contribution >= 0.6 is 0 Å². The minimum atomic E-state index is -2.22. The van der Waals surface area contributed by atoms with Gasteiger partial charge in [-0.25, -0.2) is 0 Å². The number of aliphatic hydroxyl groups excluding tert-OH is 2. The molecule has 2 N–H and O–H groups in total. The van der Waals surface area contributed by atoms with Gasteiger partial charge in [0.05, 0.1) is 26.4 Å². The van der Waals surface area contributed by atoms with Gasteiger partial charge in [-0.1, -0.05) is 0 Å². The van der Waals surface area contributed by atoms with Crippen LogP contribution in [-0.2, 0) is 38.1 Å². The number of esters is 2. The molecular formula is C17H28O10. The summed E-state index contributed by atoms with van der Waals surface area (Å²) in [5.41, 5.74) is -4.44. The summed E-state index contributed by atoms with van der Waals surface area (Å²) in [6.45, 7) is -0.310. The fourth-order valence-corrected chi connectivity index (χ4v) is 2.37. The van der Waals surface area contributed by atoms with Gasteiger partial charge in [-0.2, -0.15) is 0 Å². The van der Waals surface area contributed by atoms with Crippen LogP contribution in [-0.4, -0.2) is 87.6 Å². The topological polar surface area (TPSA) is 146 Å². The second-order valence-electron chi connectivity index (χ2n) is 6.03. The maximum absolute atomic E-state index is 12.5. The number of Topliss-reactive ketones (excluding diaryl/α,β-unsaturated/α-hetero) is 2. The third-order valence-electron chi connectivity index (χ3n) is 4.31. The highest BCUT2D eigenvalue weighted by molar-refractivity contribution is 6.07. The van der Waals surface area contributed by atoms with Crippen LogP contribution in [0.3, 0.4) is 0 Å². The van der Waals surface area contributed by atoms with E-state index in [9.17, 15) is 29.4 Å². The molecule has 27 heavy (non-hydrogen) atoms. The van der Waals surface area contributed by atoms with Crippen molar-refractivity contribution in [1.82, 2.24) is 0 Å². The highest BCUT2D eigenvalue weighted by atomic mass is 16.6. The maximum Gasteiger partial charge on any atom is 0.322 e. The molecule has 2 atom stereocenters. The average molecular weight is 392 g/mol. The minimum Gasteiger partial charge on any atom is -0.462 e. The standard InChI is InChI=1S/C17H28O10/c1-12(20)16(10-18,14(22)26-7-5-24-3)9-17(11-19,13(2)21)15(23)27-8-6-25-4/h18-19H,5-11H2,1-4H3. The van der Waals surface area contributed by atoms with Crippen LogP contribution < -0.4 is 0 Å². The molecule has 0 bridgehead atoms. The van der Waals surface area contributed by atoms with Gasteiger partial charge in [-0.15, -0.1) is 0 Å². The molecule has 0 aromatic heterocycles. The van der Waals surface area contributed by atoms with Crippen molar-refractivity contribution in [1.29, 1.82) is 0 Å². The molecular weight excluding hydrogens is 364 g/mol. The van der Waals surface area contributed by atoms with Crippen molar-refractivity contribution >= 4 is 23.5 Å². The van der Waals surface area contributed by atoms with Gasteiger partial charge in [0.1, 0.15) is 24.8 Å². The van der Waals surface area contributed by atoms with Gasteiger partial charge in [-0.05, 0) is 20.3 Å². The van der Waals surface area contributed by atoms with Crippen molar-refractivity contribution in [3.05, 3.63) is 0 Å². The summed E-state index contributed by atoms with van der Waals surface area (Å²) in [6.07, 6.45) is -0.796. The second-order valence-corrected chi connectivity index (χ2v) is 6.03. The number of hydrogen-bond donors (Lipinski definition) is 2. The first-order chi connectivity index (χ1) is 12.7. The first kappa shape index (κ1) is 25.1. The quantitative estimate of drug-likeness (QED) is 0.212. The van der Waals surface area contributed by atoms with E-state index in [0.29, 0.717) is 0 Å². The lowest BCUT2D eigenvalue weighted by atomic mass is 9.67. The number of carbonyl (C=O) groups is 4. The van der Waals surface area contributed by atoms with Gasteiger partial charge in [0, 0.05) is 14.2 Å². The summed E-state index contributed by atoms with van der Waals surface area (Å²) in [7, 11) is 2.75. The summed E-state index contributed by atoms with van der Waals surface area (Å²) in [4.78, 5) is 49.4. The summed E-state index contributed by atoms with van der Waals surface area (Å²) in [5, 5.41) is 19.6. The first-order valence-electron chi connectivity index (χ1n) is 8.24. The zero-order valence-corrected chi connectivity index (χ0v) is 16.1. The molecule has 0 spiro atoms. The average Bonchev–Trinajstić information content (AvgIpc) is 2.63. The largest absolute Gasteiger partial charge is 0.462 e. The zero-order valence-electron chi connectivity index (χ0n) is 16.1. The molecule has 0 rings (SSSR count). The van der Waals surface area contributed by atoms with Crippen LogP contribution in [0.15, 0.2) is 0 Å². The van der Waals surface area contributed by atoms with Crippen LogP contribution in [0.5, 0.6) is 0 Å². The number of hydrogen-bond acceptors (Lipinski definition) is 10. The molecule has 0 fully saturated rings. The monoisotopic (exact) mass is 392 g/mol. The Morgan fingerprint density at radius 1 is 0.704 bits per heavy atom. The van der Waals surface area contributed by atoms with Gasteiger partial charge in [-0.3, -0.25) is 19.2 Å². The van der Waals surface area contributed by atoms with Crippen LogP contribution in [0.4, 0.5) is 0 Å². The van der Waals surface area contributed by atoms with Crippen LogP contribution in [0.25, 0.3) is 0 Å². The Balaban J connectivity index is 5.86. The second kappa shape index (κ2) is 11.8. The highest BCUT2D eigenvalue weighted by Gasteiger charge is 2.56. The van der Waals surface area contributed by atoms with Crippen LogP contribution in [0.2, 0.25) is 0 Å². The van der Waals surface area contributed by atoms with Crippen LogP contribution in [0, 0.1) is 10.8 Å². The van der Waals surface area contributed by atoms with Crippen molar-refractivity contribution in [2.24, 2.45) is 10.8 Å². The van der Waals surface area contributed by atoms with Crippen molar-refractivity contribution in [2.45, 2.75) is 20.3 Å². The fraction of sp³-hybridized carbons (Fsp3) is 0.765. The van der Waals surface area contributed by atoms with E-state index in [0.717, 1.165) is 13.8 Å². The Kier molecular flexibility index (Phi) is 10.9. The van der Waals surface area contributed by atoms with E-state index in [1.54, 1.807) is 0 Å². The molecule has 0 radical (unpaired) electrons. The van der Waals surface area contributed by atoms with Gasteiger partial charge in [0.2, 0.25) is 0 Å². The molecule has 0 amide bonds. The number of ketones is 2. The van der Waals surface area contributed by atoms with Crippen molar-refractivity contribution in [3.63, 3.8) is 0 Å². The van der Waals surface area contributed by atoms with E-state index >= 15 is 0 Å². The van der Waals surface area contributed by atoms with Gasteiger partial charge < -0.3 is 29.2 Å². The molecule has 0 saturated heterocycles. The van der Waals surface area contributed by atoms with Crippen LogP contribution in [0.1, 0.15) is 20.3 Å². The number of rotatable bonds is 14. The molecule has 0 aliphatic heterocycles. The van der Waals surface area contributed by atoms with Gasteiger partial charge in [0.15, 0.2) is 10.8 Å². The summed E-state index contributed by atoms with van der Waals surface area (Å²) in [6, 6.07) is 0. The number of ether oxygens (including phenoxy) is 4. The lowest BCUT2D eigenvalue weighted by molar-refractivity contribution is -0.175. The third-order valence-corrected chi connectivity index (χ3v) is 4.31. The van der Waals surface area contributed by atoms with E-state index in [-0.39, 0.29) is 26.4 Å². The van der Waals surface area contributed by atoms with Crippen molar-refractivity contribution in [3.8, 4) is 0 Å². The molecule has 0 aliphatic carbocycles. The molecule has 0 aromatic rings. The summed E-state index contributed by atoms with van der Waals surface area (Å²) >= 11 is 0.